The van der Waals surface area contributed by atoms with Crippen LogP contribution in [-0.2, 0) is 16.1 Å². The normalized spacial score (nSPS) is 16.3. The first-order chi connectivity index (χ1) is 12.3. The maximum atomic E-state index is 13.9. The van der Waals surface area contributed by atoms with Crippen molar-refractivity contribution in [3.63, 3.8) is 0 Å². The van der Waals surface area contributed by atoms with Crippen LogP contribution in [0.25, 0.3) is 0 Å². The summed E-state index contributed by atoms with van der Waals surface area (Å²) in [6.07, 6.45) is 0. The second-order valence-electron chi connectivity index (χ2n) is 5.34. The summed E-state index contributed by atoms with van der Waals surface area (Å²) in [4.78, 5) is 27.5. The number of anilines is 1. The Bertz CT molecular complexity index is 753. The standard InChI is InChI=1S/C14H18FN5O4S2/c15-10-7-9(1-2-12(10)18-26(23)24)13(21)19-3-5-20(6-4-19)14(22)11(16)8-25-17/h1-2,7-8,18H,3-6,16-17H2,(H,23,24). The van der Waals surface area contributed by atoms with Gasteiger partial charge >= 0.3 is 0 Å². The molecule has 12 heteroatoms. The van der Waals surface area contributed by atoms with E-state index in [1.165, 1.54) is 27.3 Å². The number of carbonyl (C=O) groups is 2. The fourth-order valence-electron chi connectivity index (χ4n) is 2.43. The molecule has 1 atom stereocenters. The molecule has 26 heavy (non-hydrogen) atoms. The van der Waals surface area contributed by atoms with Gasteiger partial charge in [0.15, 0.2) is 0 Å². The van der Waals surface area contributed by atoms with Crippen molar-refractivity contribution in [2.45, 2.75) is 0 Å². The van der Waals surface area contributed by atoms with Gasteiger partial charge in [-0.2, -0.15) is 0 Å². The number of amides is 2. The third-order valence-corrected chi connectivity index (χ3v) is 4.49. The largest absolute Gasteiger partial charge is 0.394 e. The van der Waals surface area contributed by atoms with Gasteiger partial charge in [-0.1, -0.05) is 11.9 Å². The lowest BCUT2D eigenvalue weighted by atomic mass is 10.1. The Morgan fingerprint density at radius 1 is 1.27 bits per heavy atom. The average Bonchev–Trinajstić information content (AvgIpc) is 2.62. The van der Waals surface area contributed by atoms with E-state index >= 15 is 0 Å². The second kappa shape index (κ2) is 8.98. The van der Waals surface area contributed by atoms with Gasteiger partial charge in [-0.25, -0.2) is 8.60 Å². The minimum absolute atomic E-state index is 0.0312. The maximum Gasteiger partial charge on any atom is 0.270 e. The SMILES string of the molecule is NSC=C(N)C(=O)N1CCN(C(=O)c2ccc(NS(=O)O)c(F)c2)CC1. The molecule has 1 saturated heterocycles. The van der Waals surface area contributed by atoms with Crippen molar-refractivity contribution in [2.24, 2.45) is 10.9 Å². The third-order valence-electron chi connectivity index (χ3n) is 3.71. The van der Waals surface area contributed by atoms with Gasteiger partial charge in [0.2, 0.25) is 0 Å². The highest BCUT2D eigenvalue weighted by molar-refractivity contribution is 8.00. The number of nitrogens with zero attached hydrogens (tertiary/aromatic N) is 2. The summed E-state index contributed by atoms with van der Waals surface area (Å²) in [5, 5.41) is 6.59. The Labute approximate surface area is 156 Å². The van der Waals surface area contributed by atoms with Crippen molar-refractivity contribution in [3.05, 3.63) is 40.7 Å². The van der Waals surface area contributed by atoms with E-state index in [9.17, 15) is 18.2 Å². The molecule has 1 aromatic rings. The predicted molar refractivity (Wildman–Crippen MR) is 97.3 cm³/mol. The van der Waals surface area contributed by atoms with Gasteiger partial charge in [-0.15, -0.1) is 0 Å². The average molecular weight is 403 g/mol. The lowest BCUT2D eigenvalue weighted by Crippen LogP contribution is -2.51. The molecule has 142 valence electrons. The zero-order chi connectivity index (χ0) is 19.3. The molecule has 0 aliphatic carbocycles. The first kappa shape index (κ1) is 20.2. The third kappa shape index (κ3) is 4.94. The predicted octanol–water partition coefficient (Wildman–Crippen LogP) is 0.0657. The Kier molecular flexibility index (Phi) is 6.97. The quantitative estimate of drug-likeness (QED) is 0.309. The van der Waals surface area contributed by atoms with Crippen LogP contribution in [0.5, 0.6) is 0 Å². The van der Waals surface area contributed by atoms with Gasteiger partial charge < -0.3 is 15.5 Å². The highest BCUT2D eigenvalue weighted by atomic mass is 32.2. The van der Waals surface area contributed by atoms with Crippen LogP contribution in [0.3, 0.4) is 0 Å². The molecule has 2 amide bonds. The molecule has 1 aliphatic heterocycles. The van der Waals surface area contributed by atoms with Crippen LogP contribution in [0.1, 0.15) is 10.4 Å². The lowest BCUT2D eigenvalue weighted by Gasteiger charge is -2.34. The first-order valence-electron chi connectivity index (χ1n) is 7.40. The van der Waals surface area contributed by atoms with Crippen molar-refractivity contribution < 1.29 is 22.7 Å². The zero-order valence-corrected chi connectivity index (χ0v) is 15.2. The molecule has 1 aliphatic rings. The molecular formula is C14H18FN5O4S2. The lowest BCUT2D eigenvalue weighted by molar-refractivity contribution is -0.128. The number of carbonyl (C=O) groups excluding carboxylic acids is 2. The van der Waals surface area contributed by atoms with Gasteiger partial charge in [0.1, 0.15) is 11.5 Å². The number of hydrogen-bond acceptors (Lipinski definition) is 6. The summed E-state index contributed by atoms with van der Waals surface area (Å²) < 4.78 is 35.3. The Morgan fingerprint density at radius 3 is 2.42 bits per heavy atom. The number of hydrogen-bond donors (Lipinski definition) is 4. The van der Waals surface area contributed by atoms with Crippen LogP contribution >= 0.6 is 11.9 Å². The van der Waals surface area contributed by atoms with Crippen LogP contribution in [0, 0.1) is 5.82 Å². The van der Waals surface area contributed by atoms with E-state index in [2.05, 4.69) is 0 Å². The van der Waals surface area contributed by atoms with E-state index in [1.54, 1.807) is 0 Å². The molecule has 0 radical (unpaired) electrons. The Balaban J connectivity index is 2.00. The summed E-state index contributed by atoms with van der Waals surface area (Å²) in [6.45, 7) is 1.13. The number of nitrogens with two attached hydrogens (primary N) is 2. The summed E-state index contributed by atoms with van der Waals surface area (Å²) in [7, 11) is 0. The fourth-order valence-corrected chi connectivity index (χ4v) is 3.03. The van der Waals surface area contributed by atoms with E-state index in [0.717, 1.165) is 18.0 Å². The minimum atomic E-state index is -2.41. The van der Waals surface area contributed by atoms with Crippen LogP contribution in [0.2, 0.25) is 0 Å². The Morgan fingerprint density at radius 2 is 1.88 bits per heavy atom. The number of rotatable bonds is 5. The van der Waals surface area contributed by atoms with Crippen molar-refractivity contribution in [2.75, 3.05) is 30.9 Å². The topological polar surface area (TPSA) is 142 Å². The van der Waals surface area contributed by atoms with Gasteiger partial charge in [0, 0.05) is 37.2 Å². The van der Waals surface area contributed by atoms with Gasteiger partial charge in [-0.3, -0.25) is 24.0 Å². The summed E-state index contributed by atoms with van der Waals surface area (Å²) >= 11 is -1.57. The molecule has 2 rings (SSSR count). The molecule has 0 spiro atoms. The molecule has 0 saturated carbocycles. The van der Waals surface area contributed by atoms with Crippen molar-refractivity contribution in [3.8, 4) is 0 Å². The number of halogens is 1. The smallest absolute Gasteiger partial charge is 0.270 e. The van der Waals surface area contributed by atoms with Gasteiger partial charge in [0.25, 0.3) is 23.1 Å². The van der Waals surface area contributed by atoms with Gasteiger partial charge in [0.05, 0.1) is 5.69 Å². The number of benzene rings is 1. The second-order valence-corrected chi connectivity index (χ2v) is 6.55. The van der Waals surface area contributed by atoms with Gasteiger partial charge in [-0.05, 0) is 18.2 Å². The molecule has 1 heterocycles. The van der Waals surface area contributed by atoms with E-state index in [4.69, 9.17) is 15.4 Å². The number of nitrogens with one attached hydrogen (secondary N) is 1. The summed E-state index contributed by atoms with van der Waals surface area (Å²) in [6, 6.07) is 3.57. The molecule has 1 fully saturated rings. The van der Waals surface area contributed by atoms with Crippen LogP contribution in [0.15, 0.2) is 29.3 Å². The van der Waals surface area contributed by atoms with Crippen LogP contribution in [0.4, 0.5) is 10.1 Å². The molecule has 1 unspecified atom stereocenters. The van der Waals surface area contributed by atoms with E-state index in [1.807, 2.05) is 4.72 Å². The highest BCUT2D eigenvalue weighted by Crippen LogP contribution is 2.18. The molecule has 0 bridgehead atoms. The number of piperazine rings is 1. The fraction of sp³-hybridized carbons (Fsp3) is 0.286. The molecule has 9 nitrogen and oxygen atoms in total. The highest BCUT2D eigenvalue weighted by Gasteiger charge is 2.26. The minimum Gasteiger partial charge on any atom is -0.394 e. The first-order valence-corrected chi connectivity index (χ1v) is 9.45. The molecule has 6 N–H and O–H groups in total. The monoisotopic (exact) mass is 403 g/mol. The van der Waals surface area contributed by atoms with E-state index in [0.29, 0.717) is 13.1 Å². The molecular weight excluding hydrogens is 385 g/mol. The van der Waals surface area contributed by atoms with E-state index in [-0.39, 0.29) is 35.9 Å². The Hall–Kier alpha value is -2.15. The molecule has 0 aromatic heterocycles. The van der Waals surface area contributed by atoms with Crippen LogP contribution < -0.4 is 15.6 Å². The zero-order valence-electron chi connectivity index (χ0n) is 13.6. The van der Waals surface area contributed by atoms with E-state index < -0.39 is 23.0 Å². The van der Waals surface area contributed by atoms with Crippen molar-refractivity contribution in [1.82, 2.24) is 9.80 Å². The van der Waals surface area contributed by atoms with Crippen molar-refractivity contribution in [1.29, 1.82) is 0 Å². The molecule has 1 aromatic carbocycles. The summed E-state index contributed by atoms with van der Waals surface area (Å²) in [5.74, 6) is -1.56. The van der Waals surface area contributed by atoms with Crippen molar-refractivity contribution >= 4 is 40.7 Å². The maximum absolute atomic E-state index is 13.9. The van der Waals surface area contributed by atoms with Crippen LogP contribution in [-0.4, -0.2) is 56.6 Å². The summed E-state index contributed by atoms with van der Waals surface area (Å²) in [5.41, 5.74) is 5.57.